The molecule has 0 spiro atoms. The van der Waals surface area contributed by atoms with Crippen LogP contribution >= 0.6 is 11.3 Å². The second kappa shape index (κ2) is 6.78. The average molecular weight is 286 g/mol. The molecule has 0 saturated carbocycles. The summed E-state index contributed by atoms with van der Waals surface area (Å²) in [6.45, 7) is 2.57. The van der Waals surface area contributed by atoms with E-state index in [4.69, 9.17) is 5.26 Å². The Morgan fingerprint density at radius 2 is 2.35 bits per heavy atom. The Hall–Kier alpha value is -2.26. The molecule has 0 fully saturated rings. The minimum Gasteiger partial charge on any atom is -0.352 e. The molecule has 2 aromatic heterocycles. The summed E-state index contributed by atoms with van der Waals surface area (Å²) in [5.74, 6) is -0.169. The van der Waals surface area contributed by atoms with Crippen molar-refractivity contribution < 1.29 is 4.79 Å². The SMILES string of the molecule is Cc1csc(CCCNC(=O)c2ccc(C#N)nc2)n1. The standard InChI is InChI=1S/C14H14N4OS/c1-10-9-20-13(18-10)3-2-6-16-14(19)11-4-5-12(7-15)17-8-11/h4-5,8-9H,2-3,6H2,1H3,(H,16,19). The van der Waals surface area contributed by atoms with Gasteiger partial charge in [0.05, 0.1) is 10.6 Å². The molecule has 2 rings (SSSR count). The molecule has 0 unspecified atom stereocenters. The molecule has 0 aliphatic rings. The monoisotopic (exact) mass is 286 g/mol. The predicted molar refractivity (Wildman–Crippen MR) is 76.5 cm³/mol. The van der Waals surface area contributed by atoms with E-state index >= 15 is 0 Å². The summed E-state index contributed by atoms with van der Waals surface area (Å²) < 4.78 is 0. The van der Waals surface area contributed by atoms with E-state index in [1.165, 1.54) is 12.3 Å². The van der Waals surface area contributed by atoms with Crippen LogP contribution in [0.1, 0.15) is 33.2 Å². The Labute approximate surface area is 121 Å². The largest absolute Gasteiger partial charge is 0.352 e. The summed E-state index contributed by atoms with van der Waals surface area (Å²) >= 11 is 1.64. The number of hydrogen-bond donors (Lipinski definition) is 1. The number of carbonyl (C=O) groups is 1. The summed E-state index contributed by atoms with van der Waals surface area (Å²) in [7, 11) is 0. The summed E-state index contributed by atoms with van der Waals surface area (Å²) in [5, 5.41) is 14.6. The average Bonchev–Trinajstić information content (AvgIpc) is 2.89. The van der Waals surface area contributed by atoms with E-state index in [0.717, 1.165) is 23.5 Å². The fourth-order valence-corrected chi connectivity index (χ4v) is 2.47. The Kier molecular flexibility index (Phi) is 4.80. The molecule has 0 saturated heterocycles. The van der Waals surface area contributed by atoms with E-state index in [-0.39, 0.29) is 5.91 Å². The number of pyridine rings is 1. The Morgan fingerprint density at radius 3 is 2.95 bits per heavy atom. The van der Waals surface area contributed by atoms with Crippen molar-refractivity contribution in [3.05, 3.63) is 45.7 Å². The maximum absolute atomic E-state index is 11.8. The first kappa shape index (κ1) is 14.2. The molecule has 1 N–H and O–H groups in total. The van der Waals surface area contributed by atoms with Gasteiger partial charge in [-0.2, -0.15) is 5.26 Å². The highest BCUT2D eigenvalue weighted by atomic mass is 32.1. The first-order valence-corrected chi connectivity index (χ1v) is 7.12. The van der Waals surface area contributed by atoms with Crippen LogP contribution in [-0.2, 0) is 6.42 Å². The van der Waals surface area contributed by atoms with Crippen molar-refractivity contribution in [1.82, 2.24) is 15.3 Å². The third-order valence-electron chi connectivity index (χ3n) is 2.66. The Morgan fingerprint density at radius 1 is 1.50 bits per heavy atom. The van der Waals surface area contributed by atoms with Gasteiger partial charge in [-0.3, -0.25) is 4.79 Å². The molecule has 2 heterocycles. The lowest BCUT2D eigenvalue weighted by Crippen LogP contribution is -2.24. The summed E-state index contributed by atoms with van der Waals surface area (Å²) in [6.07, 6.45) is 3.13. The van der Waals surface area contributed by atoms with Gasteiger partial charge in [0.25, 0.3) is 5.91 Å². The van der Waals surface area contributed by atoms with Crippen LogP contribution in [0, 0.1) is 18.3 Å². The van der Waals surface area contributed by atoms with Crippen LogP contribution in [0.15, 0.2) is 23.7 Å². The number of nitriles is 1. The zero-order valence-electron chi connectivity index (χ0n) is 11.1. The van der Waals surface area contributed by atoms with Crippen molar-refractivity contribution >= 4 is 17.2 Å². The van der Waals surface area contributed by atoms with Crippen LogP contribution in [-0.4, -0.2) is 22.4 Å². The highest BCUT2D eigenvalue weighted by molar-refractivity contribution is 7.09. The minimum absolute atomic E-state index is 0.169. The number of carbonyl (C=O) groups excluding carboxylic acids is 1. The molecule has 6 heteroatoms. The van der Waals surface area contributed by atoms with Gasteiger partial charge in [0.1, 0.15) is 11.8 Å². The predicted octanol–water partition coefficient (Wildman–Crippen LogP) is 2.08. The Balaban J connectivity index is 1.76. The van der Waals surface area contributed by atoms with Gasteiger partial charge in [-0.25, -0.2) is 9.97 Å². The molecule has 0 aromatic carbocycles. The van der Waals surface area contributed by atoms with E-state index < -0.39 is 0 Å². The molecule has 0 bridgehead atoms. The number of rotatable bonds is 5. The van der Waals surface area contributed by atoms with Gasteiger partial charge in [-0.15, -0.1) is 11.3 Å². The van der Waals surface area contributed by atoms with Gasteiger partial charge in [-0.05, 0) is 25.5 Å². The van der Waals surface area contributed by atoms with Crippen LogP contribution in [0.3, 0.4) is 0 Å². The number of nitrogens with one attached hydrogen (secondary N) is 1. The fraction of sp³-hybridized carbons (Fsp3) is 0.286. The normalized spacial score (nSPS) is 10.0. The number of aryl methyl sites for hydroxylation is 2. The number of hydrogen-bond acceptors (Lipinski definition) is 5. The summed E-state index contributed by atoms with van der Waals surface area (Å²) in [6, 6.07) is 5.05. The quantitative estimate of drug-likeness (QED) is 0.853. The zero-order chi connectivity index (χ0) is 14.4. The van der Waals surface area contributed by atoms with Crippen LogP contribution in [0.25, 0.3) is 0 Å². The second-order valence-electron chi connectivity index (χ2n) is 4.29. The molecule has 0 aliphatic heterocycles. The number of aromatic nitrogens is 2. The third-order valence-corrected chi connectivity index (χ3v) is 3.69. The maximum Gasteiger partial charge on any atom is 0.252 e. The first-order chi connectivity index (χ1) is 9.69. The second-order valence-corrected chi connectivity index (χ2v) is 5.23. The third kappa shape index (κ3) is 3.87. The number of thiazole rings is 1. The molecule has 0 atom stereocenters. The minimum atomic E-state index is -0.169. The lowest BCUT2D eigenvalue weighted by Gasteiger charge is -2.04. The van der Waals surface area contributed by atoms with E-state index in [1.54, 1.807) is 17.4 Å². The van der Waals surface area contributed by atoms with E-state index in [9.17, 15) is 4.79 Å². The van der Waals surface area contributed by atoms with Gasteiger partial charge in [-0.1, -0.05) is 0 Å². The van der Waals surface area contributed by atoms with Crippen molar-refractivity contribution in [1.29, 1.82) is 5.26 Å². The summed E-state index contributed by atoms with van der Waals surface area (Å²) in [5.41, 5.74) is 1.81. The van der Waals surface area contributed by atoms with Crippen molar-refractivity contribution in [3.63, 3.8) is 0 Å². The van der Waals surface area contributed by atoms with Gasteiger partial charge in [0.2, 0.25) is 0 Å². The van der Waals surface area contributed by atoms with Crippen molar-refractivity contribution in [3.8, 4) is 6.07 Å². The highest BCUT2D eigenvalue weighted by Gasteiger charge is 2.05. The van der Waals surface area contributed by atoms with Gasteiger partial charge < -0.3 is 5.32 Å². The fourth-order valence-electron chi connectivity index (χ4n) is 1.66. The van der Waals surface area contributed by atoms with Crippen LogP contribution in [0.2, 0.25) is 0 Å². The number of amides is 1. The van der Waals surface area contributed by atoms with Gasteiger partial charge >= 0.3 is 0 Å². The number of nitrogens with zero attached hydrogens (tertiary/aromatic N) is 3. The van der Waals surface area contributed by atoms with Crippen LogP contribution in [0.4, 0.5) is 0 Å². The summed E-state index contributed by atoms with van der Waals surface area (Å²) in [4.78, 5) is 20.0. The highest BCUT2D eigenvalue weighted by Crippen LogP contribution is 2.10. The van der Waals surface area contributed by atoms with E-state index in [1.807, 2.05) is 18.4 Å². The lowest BCUT2D eigenvalue weighted by molar-refractivity contribution is 0.0953. The van der Waals surface area contributed by atoms with Crippen molar-refractivity contribution in [2.24, 2.45) is 0 Å². The molecule has 1 amide bonds. The molecule has 102 valence electrons. The molecule has 0 radical (unpaired) electrons. The Bertz CT molecular complexity index is 627. The lowest BCUT2D eigenvalue weighted by atomic mass is 10.2. The molecular weight excluding hydrogens is 272 g/mol. The smallest absolute Gasteiger partial charge is 0.252 e. The maximum atomic E-state index is 11.8. The van der Waals surface area contributed by atoms with Gasteiger partial charge in [0, 0.05) is 30.2 Å². The molecule has 5 nitrogen and oxygen atoms in total. The zero-order valence-corrected chi connectivity index (χ0v) is 11.9. The molecule has 0 aliphatic carbocycles. The molecule has 20 heavy (non-hydrogen) atoms. The van der Waals surface area contributed by atoms with E-state index in [2.05, 4.69) is 15.3 Å². The van der Waals surface area contributed by atoms with Crippen molar-refractivity contribution in [2.75, 3.05) is 6.54 Å². The topological polar surface area (TPSA) is 78.7 Å². The van der Waals surface area contributed by atoms with Gasteiger partial charge in [0.15, 0.2) is 0 Å². The molecule has 2 aromatic rings. The van der Waals surface area contributed by atoms with E-state index in [0.29, 0.717) is 17.8 Å². The van der Waals surface area contributed by atoms with Crippen LogP contribution < -0.4 is 5.32 Å². The van der Waals surface area contributed by atoms with Crippen molar-refractivity contribution in [2.45, 2.75) is 19.8 Å². The van der Waals surface area contributed by atoms with Crippen LogP contribution in [0.5, 0.6) is 0 Å². The first-order valence-electron chi connectivity index (χ1n) is 6.24. The molecular formula is C14H14N4OS.